The smallest absolute Gasteiger partial charge is 0.333 e. The monoisotopic (exact) mass is 294 g/mol. The fourth-order valence-corrected chi connectivity index (χ4v) is 3.79. The molecule has 1 aromatic heterocycles. The molecular formula is C15H22N2O4. The zero-order valence-corrected chi connectivity index (χ0v) is 12.8. The molecule has 1 unspecified atom stereocenters. The van der Waals surface area contributed by atoms with Gasteiger partial charge in [0.25, 0.3) is 5.56 Å². The lowest BCUT2D eigenvalue weighted by molar-refractivity contribution is -0.108. The second-order valence-electron chi connectivity index (χ2n) is 6.08. The third-order valence-electron chi connectivity index (χ3n) is 4.85. The van der Waals surface area contributed by atoms with Crippen LogP contribution in [-0.2, 0) is 24.2 Å². The van der Waals surface area contributed by atoms with Crippen molar-refractivity contribution in [3.63, 3.8) is 0 Å². The van der Waals surface area contributed by atoms with Gasteiger partial charge in [0, 0.05) is 32.5 Å². The van der Waals surface area contributed by atoms with E-state index < -0.39 is 0 Å². The van der Waals surface area contributed by atoms with Gasteiger partial charge in [0.1, 0.15) is 0 Å². The molecule has 1 atom stereocenters. The molecule has 1 spiro atoms. The second-order valence-corrected chi connectivity index (χ2v) is 6.08. The minimum atomic E-state index is -0.377. The molecule has 6 heteroatoms. The molecule has 21 heavy (non-hydrogen) atoms. The third kappa shape index (κ3) is 2.04. The molecule has 2 aliphatic rings. The molecule has 0 saturated heterocycles. The van der Waals surface area contributed by atoms with Crippen LogP contribution in [0.25, 0.3) is 0 Å². The number of ether oxygens (including phenoxy) is 2. The van der Waals surface area contributed by atoms with Gasteiger partial charge < -0.3 is 9.47 Å². The Bertz CT molecular complexity index is 667. The van der Waals surface area contributed by atoms with Crippen LogP contribution < -0.4 is 16.0 Å². The van der Waals surface area contributed by atoms with Crippen molar-refractivity contribution in [3.05, 3.63) is 26.4 Å². The molecule has 0 N–H and O–H groups in total. The van der Waals surface area contributed by atoms with Gasteiger partial charge in [-0.2, -0.15) is 0 Å². The van der Waals surface area contributed by atoms with Crippen molar-refractivity contribution in [1.29, 1.82) is 0 Å². The van der Waals surface area contributed by atoms with Gasteiger partial charge in [0.15, 0.2) is 0 Å². The Balaban J connectivity index is 2.25. The van der Waals surface area contributed by atoms with Crippen molar-refractivity contribution in [2.24, 2.45) is 14.1 Å². The summed E-state index contributed by atoms with van der Waals surface area (Å²) in [6.45, 7) is 2.47. The predicted octanol–water partition coefficient (Wildman–Crippen LogP) is 1.04. The first-order chi connectivity index (χ1) is 10.00. The van der Waals surface area contributed by atoms with Crippen LogP contribution in [0.2, 0.25) is 0 Å². The van der Waals surface area contributed by atoms with Gasteiger partial charge in [-0.25, -0.2) is 4.79 Å². The Labute approximate surface area is 123 Å². The number of hydrogen-bond acceptors (Lipinski definition) is 4. The summed E-state index contributed by atoms with van der Waals surface area (Å²) in [6, 6.07) is 0. The Kier molecular flexibility index (Phi) is 3.43. The molecule has 2 heterocycles. The molecule has 0 aromatic carbocycles. The summed E-state index contributed by atoms with van der Waals surface area (Å²) in [4.78, 5) is 24.8. The van der Waals surface area contributed by atoms with Crippen LogP contribution in [0.5, 0.6) is 5.88 Å². The average Bonchev–Trinajstić information content (AvgIpc) is 2.91. The van der Waals surface area contributed by atoms with E-state index in [2.05, 4.69) is 0 Å². The number of nitrogens with zero attached hydrogens (tertiary/aromatic N) is 2. The molecule has 0 radical (unpaired) electrons. The van der Waals surface area contributed by atoms with Gasteiger partial charge >= 0.3 is 5.69 Å². The van der Waals surface area contributed by atoms with Crippen LogP contribution >= 0.6 is 0 Å². The molecule has 0 amide bonds. The predicted molar refractivity (Wildman–Crippen MR) is 77.7 cm³/mol. The normalized spacial score (nSPS) is 23.1. The lowest BCUT2D eigenvalue weighted by atomic mass is 9.75. The van der Waals surface area contributed by atoms with E-state index in [4.69, 9.17) is 9.47 Å². The average molecular weight is 294 g/mol. The van der Waals surface area contributed by atoms with E-state index in [1.807, 2.05) is 6.92 Å². The molecule has 6 nitrogen and oxygen atoms in total. The summed E-state index contributed by atoms with van der Waals surface area (Å²) in [5.74, 6) is 0.398. The fraction of sp³-hybridized carbons (Fsp3) is 0.733. The number of hydrogen-bond donors (Lipinski definition) is 0. The summed E-state index contributed by atoms with van der Waals surface area (Å²) in [7, 11) is 3.18. The Morgan fingerprint density at radius 3 is 2.52 bits per heavy atom. The van der Waals surface area contributed by atoms with E-state index in [1.165, 1.54) is 16.2 Å². The topological polar surface area (TPSA) is 62.5 Å². The van der Waals surface area contributed by atoms with Crippen molar-refractivity contribution >= 4 is 0 Å². The van der Waals surface area contributed by atoms with E-state index in [9.17, 15) is 9.59 Å². The molecule has 1 aliphatic carbocycles. The Morgan fingerprint density at radius 1 is 1.24 bits per heavy atom. The van der Waals surface area contributed by atoms with Crippen LogP contribution in [0.15, 0.2) is 9.59 Å². The molecule has 1 aliphatic heterocycles. The van der Waals surface area contributed by atoms with E-state index in [1.54, 1.807) is 7.05 Å². The molecule has 0 bridgehead atoms. The van der Waals surface area contributed by atoms with E-state index in [0.29, 0.717) is 24.5 Å². The molecule has 1 saturated carbocycles. The van der Waals surface area contributed by atoms with Gasteiger partial charge in [-0.15, -0.1) is 0 Å². The van der Waals surface area contributed by atoms with Crippen LogP contribution in [0, 0.1) is 0 Å². The number of rotatable bonds is 2. The Morgan fingerprint density at radius 2 is 1.90 bits per heavy atom. The highest BCUT2D eigenvalue weighted by Gasteiger charge is 2.47. The van der Waals surface area contributed by atoms with Crippen molar-refractivity contribution in [1.82, 2.24) is 9.13 Å². The van der Waals surface area contributed by atoms with Gasteiger partial charge in [0.05, 0.1) is 5.56 Å². The first-order valence-corrected chi connectivity index (χ1v) is 7.59. The molecule has 116 valence electrons. The highest BCUT2D eigenvalue weighted by molar-refractivity contribution is 5.36. The minimum absolute atomic E-state index is 0.201. The lowest BCUT2D eigenvalue weighted by Crippen LogP contribution is -2.49. The lowest BCUT2D eigenvalue weighted by Gasteiger charge is -2.39. The van der Waals surface area contributed by atoms with Gasteiger partial charge in [0.2, 0.25) is 12.2 Å². The first kappa shape index (κ1) is 14.4. The fourth-order valence-electron chi connectivity index (χ4n) is 3.79. The largest absolute Gasteiger partial charge is 0.449 e. The molecule has 1 fully saturated rings. The quantitative estimate of drug-likeness (QED) is 0.817. The van der Waals surface area contributed by atoms with E-state index in [0.717, 1.165) is 25.7 Å². The molecular weight excluding hydrogens is 272 g/mol. The SMILES string of the molecule is CCOC1CC2(CCCC2)c2c(n(C)c(=O)n(C)c2=O)O1. The number of fused-ring (bicyclic) bond motifs is 2. The molecule has 1 aromatic rings. The van der Waals surface area contributed by atoms with Crippen LogP contribution in [-0.4, -0.2) is 22.0 Å². The van der Waals surface area contributed by atoms with Crippen LogP contribution in [0.3, 0.4) is 0 Å². The maximum atomic E-state index is 12.6. The van der Waals surface area contributed by atoms with Crippen molar-refractivity contribution < 1.29 is 9.47 Å². The molecule has 3 rings (SSSR count). The summed E-state index contributed by atoms with van der Waals surface area (Å²) in [5.41, 5.74) is -0.108. The maximum absolute atomic E-state index is 12.6. The zero-order chi connectivity index (χ0) is 15.2. The van der Waals surface area contributed by atoms with Gasteiger partial charge in [-0.05, 0) is 19.8 Å². The summed E-state index contributed by atoms with van der Waals surface area (Å²) < 4.78 is 14.1. The highest BCUT2D eigenvalue weighted by Crippen LogP contribution is 2.49. The Hall–Kier alpha value is -1.56. The van der Waals surface area contributed by atoms with Gasteiger partial charge in [-0.3, -0.25) is 13.9 Å². The van der Waals surface area contributed by atoms with E-state index in [-0.39, 0.29) is 23.0 Å². The summed E-state index contributed by atoms with van der Waals surface area (Å²) >= 11 is 0. The minimum Gasteiger partial charge on any atom is -0.449 e. The van der Waals surface area contributed by atoms with Crippen molar-refractivity contribution in [3.8, 4) is 5.88 Å². The highest BCUT2D eigenvalue weighted by atomic mass is 16.7. The second kappa shape index (κ2) is 5.02. The zero-order valence-electron chi connectivity index (χ0n) is 12.8. The van der Waals surface area contributed by atoms with Crippen LogP contribution in [0.4, 0.5) is 0 Å². The summed E-state index contributed by atoms with van der Waals surface area (Å²) in [5, 5.41) is 0. The third-order valence-corrected chi connectivity index (χ3v) is 4.85. The van der Waals surface area contributed by atoms with Crippen LogP contribution in [0.1, 0.15) is 44.6 Å². The van der Waals surface area contributed by atoms with Crippen molar-refractivity contribution in [2.75, 3.05) is 6.61 Å². The summed E-state index contributed by atoms with van der Waals surface area (Å²) in [6.07, 6.45) is 4.44. The number of aromatic nitrogens is 2. The first-order valence-electron chi connectivity index (χ1n) is 7.59. The van der Waals surface area contributed by atoms with Crippen molar-refractivity contribution in [2.45, 2.75) is 50.7 Å². The maximum Gasteiger partial charge on any atom is 0.333 e. The standard InChI is InChI=1S/C15H22N2O4/c1-4-20-10-9-15(7-5-6-8-15)11-12(18)16(2)14(19)17(3)13(11)21-10/h10H,4-9H2,1-3H3. The van der Waals surface area contributed by atoms with Gasteiger partial charge in [-0.1, -0.05) is 12.8 Å². The van der Waals surface area contributed by atoms with E-state index >= 15 is 0 Å².